The first kappa shape index (κ1) is 16.5. The zero-order valence-electron chi connectivity index (χ0n) is 12.4. The number of nitrogens with one attached hydrogen (secondary N) is 1. The van der Waals surface area contributed by atoms with Gasteiger partial charge in [-0.15, -0.1) is 0 Å². The summed E-state index contributed by atoms with van der Waals surface area (Å²) >= 11 is 2.23. The van der Waals surface area contributed by atoms with Gasteiger partial charge in [0.2, 0.25) is 5.91 Å². The Hall–Kier alpha value is -1.82. The van der Waals surface area contributed by atoms with Crippen molar-refractivity contribution in [3.05, 3.63) is 63.7 Å². The Morgan fingerprint density at radius 3 is 2.45 bits per heavy atom. The van der Waals surface area contributed by atoms with Gasteiger partial charge in [-0.1, -0.05) is 19.1 Å². The second-order valence-electron chi connectivity index (χ2n) is 4.75. The molecule has 1 amide bonds. The van der Waals surface area contributed by atoms with Crippen LogP contribution in [0.2, 0.25) is 0 Å². The highest BCUT2D eigenvalue weighted by molar-refractivity contribution is 14.1. The molecule has 1 N–H and O–H groups in total. The standard InChI is InChI=1S/C18H18INO2/c1-2-13-22-17-10-3-14(4-11-17)5-12-18(21)20-16-8-6-15(19)7-9-16/h3-12H,2,13H2,1H3,(H,20,21)/b12-5+. The van der Waals surface area contributed by atoms with Gasteiger partial charge >= 0.3 is 0 Å². The molecule has 0 aromatic heterocycles. The third-order valence-electron chi connectivity index (χ3n) is 2.89. The number of hydrogen-bond donors (Lipinski definition) is 1. The Labute approximate surface area is 144 Å². The zero-order valence-corrected chi connectivity index (χ0v) is 14.5. The summed E-state index contributed by atoms with van der Waals surface area (Å²) < 4.78 is 6.66. The van der Waals surface area contributed by atoms with Gasteiger partial charge in [-0.25, -0.2) is 0 Å². The summed E-state index contributed by atoms with van der Waals surface area (Å²) in [7, 11) is 0. The van der Waals surface area contributed by atoms with Crippen LogP contribution in [-0.4, -0.2) is 12.5 Å². The molecule has 2 aromatic rings. The molecule has 2 aromatic carbocycles. The van der Waals surface area contributed by atoms with Gasteiger partial charge in [0.1, 0.15) is 5.75 Å². The quantitative estimate of drug-likeness (QED) is 0.556. The van der Waals surface area contributed by atoms with Crippen LogP contribution in [0.1, 0.15) is 18.9 Å². The minimum absolute atomic E-state index is 0.146. The van der Waals surface area contributed by atoms with Crippen molar-refractivity contribution in [1.29, 1.82) is 0 Å². The molecule has 4 heteroatoms. The molecule has 3 nitrogen and oxygen atoms in total. The molecule has 0 saturated carbocycles. The van der Waals surface area contributed by atoms with E-state index in [0.29, 0.717) is 6.61 Å². The number of carbonyl (C=O) groups excluding carboxylic acids is 1. The molecule has 0 atom stereocenters. The van der Waals surface area contributed by atoms with E-state index in [1.54, 1.807) is 6.08 Å². The molecule has 114 valence electrons. The smallest absolute Gasteiger partial charge is 0.248 e. The van der Waals surface area contributed by atoms with Crippen LogP contribution >= 0.6 is 22.6 Å². The van der Waals surface area contributed by atoms with Crippen LogP contribution in [0.15, 0.2) is 54.6 Å². The Kier molecular flexibility index (Phi) is 6.45. The van der Waals surface area contributed by atoms with Crippen molar-refractivity contribution in [1.82, 2.24) is 0 Å². The first-order valence-electron chi connectivity index (χ1n) is 7.15. The minimum atomic E-state index is -0.146. The highest BCUT2D eigenvalue weighted by Gasteiger charge is 1.98. The SMILES string of the molecule is CCCOc1ccc(/C=C/C(=O)Nc2ccc(I)cc2)cc1. The van der Waals surface area contributed by atoms with Gasteiger partial charge in [-0.3, -0.25) is 4.79 Å². The molecule has 0 unspecified atom stereocenters. The van der Waals surface area contributed by atoms with Gasteiger partial charge in [0.25, 0.3) is 0 Å². The van der Waals surface area contributed by atoms with Crippen LogP contribution in [0.5, 0.6) is 5.75 Å². The summed E-state index contributed by atoms with van der Waals surface area (Å²) in [4.78, 5) is 11.9. The average Bonchev–Trinajstić information content (AvgIpc) is 2.54. The average molecular weight is 407 g/mol. The van der Waals surface area contributed by atoms with E-state index in [4.69, 9.17) is 4.74 Å². The van der Waals surface area contributed by atoms with E-state index in [1.807, 2.05) is 48.5 Å². The van der Waals surface area contributed by atoms with Crippen LogP contribution in [0, 0.1) is 3.57 Å². The lowest BCUT2D eigenvalue weighted by molar-refractivity contribution is -0.111. The summed E-state index contributed by atoms with van der Waals surface area (Å²) in [6.45, 7) is 2.79. The zero-order chi connectivity index (χ0) is 15.8. The predicted octanol–water partition coefficient (Wildman–Crippen LogP) is 4.73. The molecular weight excluding hydrogens is 389 g/mol. The number of hydrogen-bond acceptors (Lipinski definition) is 2. The van der Waals surface area contributed by atoms with E-state index in [2.05, 4.69) is 34.8 Å². The molecule has 0 aliphatic rings. The highest BCUT2D eigenvalue weighted by atomic mass is 127. The predicted molar refractivity (Wildman–Crippen MR) is 99.1 cm³/mol. The third kappa shape index (κ3) is 5.52. The molecule has 0 aliphatic heterocycles. The monoisotopic (exact) mass is 407 g/mol. The number of ether oxygens (including phenoxy) is 1. The molecule has 0 aliphatic carbocycles. The van der Waals surface area contributed by atoms with E-state index in [0.717, 1.165) is 27.0 Å². The van der Waals surface area contributed by atoms with Crippen LogP contribution in [0.3, 0.4) is 0 Å². The summed E-state index contributed by atoms with van der Waals surface area (Å²) in [5.74, 6) is 0.704. The lowest BCUT2D eigenvalue weighted by Gasteiger charge is -2.04. The van der Waals surface area contributed by atoms with E-state index in [1.165, 1.54) is 6.08 Å². The van der Waals surface area contributed by atoms with E-state index in [-0.39, 0.29) is 5.91 Å². The largest absolute Gasteiger partial charge is 0.494 e. The first-order valence-corrected chi connectivity index (χ1v) is 8.23. The molecule has 0 spiro atoms. The van der Waals surface area contributed by atoms with Crippen molar-refractivity contribution < 1.29 is 9.53 Å². The van der Waals surface area contributed by atoms with Crippen molar-refractivity contribution in [2.45, 2.75) is 13.3 Å². The van der Waals surface area contributed by atoms with E-state index in [9.17, 15) is 4.79 Å². The van der Waals surface area contributed by atoms with Crippen molar-refractivity contribution in [3.63, 3.8) is 0 Å². The second-order valence-corrected chi connectivity index (χ2v) is 5.99. The van der Waals surface area contributed by atoms with Crippen LogP contribution in [0.4, 0.5) is 5.69 Å². The number of rotatable bonds is 6. The molecule has 0 saturated heterocycles. The van der Waals surface area contributed by atoms with Crippen molar-refractivity contribution in [3.8, 4) is 5.75 Å². The van der Waals surface area contributed by atoms with Gasteiger partial charge in [0, 0.05) is 15.3 Å². The summed E-state index contributed by atoms with van der Waals surface area (Å²) in [5, 5.41) is 2.82. The maximum absolute atomic E-state index is 11.9. The Morgan fingerprint density at radius 2 is 1.82 bits per heavy atom. The van der Waals surface area contributed by atoms with Crippen LogP contribution in [0.25, 0.3) is 6.08 Å². The maximum atomic E-state index is 11.9. The van der Waals surface area contributed by atoms with Gasteiger partial charge in [0.05, 0.1) is 6.61 Å². The molecule has 22 heavy (non-hydrogen) atoms. The lowest BCUT2D eigenvalue weighted by Crippen LogP contribution is -2.07. The molecule has 0 fully saturated rings. The molecular formula is C18H18INO2. The van der Waals surface area contributed by atoms with Crippen molar-refractivity contribution >= 4 is 40.3 Å². The lowest BCUT2D eigenvalue weighted by atomic mass is 10.2. The van der Waals surface area contributed by atoms with E-state index >= 15 is 0 Å². The fourth-order valence-electron chi connectivity index (χ4n) is 1.78. The summed E-state index contributed by atoms with van der Waals surface area (Å²) in [6.07, 6.45) is 4.30. The Balaban J connectivity index is 1.90. The highest BCUT2D eigenvalue weighted by Crippen LogP contribution is 2.14. The first-order chi connectivity index (χ1) is 10.7. The van der Waals surface area contributed by atoms with Crippen molar-refractivity contribution in [2.75, 3.05) is 11.9 Å². The fourth-order valence-corrected chi connectivity index (χ4v) is 2.14. The summed E-state index contributed by atoms with van der Waals surface area (Å²) in [6, 6.07) is 15.3. The summed E-state index contributed by atoms with van der Waals surface area (Å²) in [5.41, 5.74) is 1.75. The van der Waals surface area contributed by atoms with Gasteiger partial charge in [-0.2, -0.15) is 0 Å². The number of benzene rings is 2. The van der Waals surface area contributed by atoms with Gasteiger partial charge < -0.3 is 10.1 Å². The molecule has 0 radical (unpaired) electrons. The maximum Gasteiger partial charge on any atom is 0.248 e. The Bertz CT molecular complexity index is 633. The third-order valence-corrected chi connectivity index (χ3v) is 3.61. The van der Waals surface area contributed by atoms with E-state index < -0.39 is 0 Å². The number of carbonyl (C=O) groups is 1. The second kappa shape index (κ2) is 8.58. The van der Waals surface area contributed by atoms with Gasteiger partial charge in [0.15, 0.2) is 0 Å². The molecule has 2 rings (SSSR count). The molecule has 0 bridgehead atoms. The van der Waals surface area contributed by atoms with Gasteiger partial charge in [-0.05, 0) is 77.0 Å². The number of anilines is 1. The minimum Gasteiger partial charge on any atom is -0.494 e. The number of halogens is 1. The van der Waals surface area contributed by atoms with Crippen LogP contribution in [-0.2, 0) is 4.79 Å². The number of amides is 1. The normalized spacial score (nSPS) is 10.6. The molecule has 0 heterocycles. The topological polar surface area (TPSA) is 38.3 Å². The fraction of sp³-hybridized carbons (Fsp3) is 0.167. The Morgan fingerprint density at radius 1 is 1.14 bits per heavy atom. The van der Waals surface area contributed by atoms with Crippen LogP contribution < -0.4 is 10.1 Å². The van der Waals surface area contributed by atoms with Crippen molar-refractivity contribution in [2.24, 2.45) is 0 Å².